The minimum Gasteiger partial charge on any atom is -0.444 e. The maximum Gasteiger partial charge on any atom is 0.407 e. The van der Waals surface area contributed by atoms with Crippen molar-refractivity contribution in [1.29, 1.82) is 0 Å². The fraction of sp³-hybridized carbons (Fsp3) is 0.533. The van der Waals surface area contributed by atoms with Crippen molar-refractivity contribution in [3.8, 4) is 0 Å². The van der Waals surface area contributed by atoms with Gasteiger partial charge in [0.2, 0.25) is 0 Å². The van der Waals surface area contributed by atoms with E-state index < -0.39 is 17.8 Å². The summed E-state index contributed by atoms with van der Waals surface area (Å²) in [5, 5.41) is 15.4. The van der Waals surface area contributed by atoms with E-state index in [-0.39, 0.29) is 6.54 Å². The molecule has 20 heavy (non-hydrogen) atoms. The van der Waals surface area contributed by atoms with Crippen molar-refractivity contribution in [1.82, 2.24) is 10.6 Å². The topological polar surface area (TPSA) is 70.6 Å². The molecule has 0 spiro atoms. The second-order valence-electron chi connectivity index (χ2n) is 5.65. The summed E-state index contributed by atoms with van der Waals surface area (Å²) < 4.78 is 5.08. The minimum absolute atomic E-state index is 0.163. The molecule has 1 atom stereocenters. The van der Waals surface area contributed by atoms with E-state index in [1.807, 2.05) is 30.3 Å². The standard InChI is InChI=1S/C15H24N2O3/c1-15(2,3)20-14(19)17-11-13(18)10-16-9-12-7-5-4-6-8-12/h4-8,13,16,18H,9-11H2,1-3H3,(H,17,19). The molecule has 0 aliphatic rings. The van der Waals surface area contributed by atoms with Crippen LogP contribution in [0.15, 0.2) is 30.3 Å². The van der Waals surface area contributed by atoms with Crippen molar-refractivity contribution in [3.05, 3.63) is 35.9 Å². The van der Waals surface area contributed by atoms with E-state index in [9.17, 15) is 9.90 Å². The summed E-state index contributed by atoms with van der Waals surface area (Å²) in [5.74, 6) is 0. The highest BCUT2D eigenvalue weighted by Gasteiger charge is 2.16. The van der Waals surface area contributed by atoms with Crippen molar-refractivity contribution in [2.75, 3.05) is 13.1 Å². The molecular formula is C15H24N2O3. The van der Waals surface area contributed by atoms with Gasteiger partial charge in [-0.15, -0.1) is 0 Å². The lowest BCUT2D eigenvalue weighted by atomic mass is 10.2. The molecule has 0 aliphatic carbocycles. The SMILES string of the molecule is CC(C)(C)OC(=O)NCC(O)CNCc1ccccc1. The Bertz CT molecular complexity index is 401. The number of alkyl carbamates (subject to hydrolysis) is 1. The van der Waals surface area contributed by atoms with Gasteiger partial charge in [-0.2, -0.15) is 0 Å². The van der Waals surface area contributed by atoms with Crippen LogP contribution in [-0.2, 0) is 11.3 Å². The first-order valence-corrected chi connectivity index (χ1v) is 6.76. The minimum atomic E-state index is -0.647. The summed E-state index contributed by atoms with van der Waals surface area (Å²) in [7, 11) is 0. The third-order valence-corrected chi connectivity index (χ3v) is 2.43. The first-order chi connectivity index (χ1) is 9.37. The van der Waals surface area contributed by atoms with Crippen molar-refractivity contribution in [2.24, 2.45) is 0 Å². The molecule has 0 radical (unpaired) electrons. The van der Waals surface area contributed by atoms with Gasteiger partial charge in [-0.25, -0.2) is 4.79 Å². The number of aliphatic hydroxyl groups excluding tert-OH is 1. The van der Waals surface area contributed by atoms with Gasteiger partial charge in [-0.3, -0.25) is 0 Å². The molecule has 5 nitrogen and oxygen atoms in total. The summed E-state index contributed by atoms with van der Waals surface area (Å²) in [6.07, 6.45) is -1.16. The Hall–Kier alpha value is -1.59. The predicted octanol–water partition coefficient (Wildman–Crippen LogP) is 1.66. The van der Waals surface area contributed by atoms with Crippen molar-refractivity contribution in [3.63, 3.8) is 0 Å². The zero-order valence-electron chi connectivity index (χ0n) is 12.3. The summed E-state index contributed by atoms with van der Waals surface area (Å²) in [6, 6.07) is 9.93. The molecular weight excluding hydrogens is 256 g/mol. The third-order valence-electron chi connectivity index (χ3n) is 2.43. The molecule has 0 saturated heterocycles. The fourth-order valence-electron chi connectivity index (χ4n) is 1.57. The van der Waals surface area contributed by atoms with Gasteiger partial charge in [0.1, 0.15) is 5.60 Å². The molecule has 0 heterocycles. The Morgan fingerprint density at radius 3 is 2.50 bits per heavy atom. The van der Waals surface area contributed by atoms with Crippen LogP contribution in [0.3, 0.4) is 0 Å². The van der Waals surface area contributed by atoms with E-state index in [1.54, 1.807) is 20.8 Å². The second kappa shape index (κ2) is 7.87. The van der Waals surface area contributed by atoms with E-state index in [0.29, 0.717) is 13.1 Å². The van der Waals surface area contributed by atoms with Crippen LogP contribution in [-0.4, -0.2) is 36.0 Å². The first kappa shape index (κ1) is 16.5. The Kier molecular flexibility index (Phi) is 6.48. The predicted molar refractivity (Wildman–Crippen MR) is 78.4 cm³/mol. The van der Waals surface area contributed by atoms with Crippen LogP contribution in [0.1, 0.15) is 26.3 Å². The van der Waals surface area contributed by atoms with Crippen LogP contribution in [0.5, 0.6) is 0 Å². The number of carbonyl (C=O) groups is 1. The molecule has 1 unspecified atom stereocenters. The lowest BCUT2D eigenvalue weighted by Gasteiger charge is -2.20. The van der Waals surface area contributed by atoms with Gasteiger partial charge in [0.05, 0.1) is 6.10 Å². The highest BCUT2D eigenvalue weighted by molar-refractivity contribution is 5.67. The highest BCUT2D eigenvalue weighted by Crippen LogP contribution is 2.06. The molecule has 1 amide bonds. The van der Waals surface area contributed by atoms with E-state index in [1.165, 1.54) is 0 Å². The number of carbonyl (C=O) groups excluding carboxylic acids is 1. The largest absolute Gasteiger partial charge is 0.444 e. The number of benzene rings is 1. The molecule has 0 bridgehead atoms. The number of hydrogen-bond acceptors (Lipinski definition) is 4. The summed E-state index contributed by atoms with van der Waals surface area (Å²) in [6.45, 7) is 6.64. The average molecular weight is 280 g/mol. The molecule has 3 N–H and O–H groups in total. The fourth-order valence-corrected chi connectivity index (χ4v) is 1.57. The van der Waals surface area contributed by atoms with Crippen LogP contribution in [0.4, 0.5) is 4.79 Å². The van der Waals surface area contributed by atoms with E-state index in [2.05, 4.69) is 10.6 Å². The Balaban J connectivity index is 2.14. The molecule has 1 aromatic carbocycles. The van der Waals surface area contributed by atoms with Crippen molar-refractivity contribution >= 4 is 6.09 Å². The normalized spacial score (nSPS) is 12.8. The molecule has 0 fully saturated rings. The highest BCUT2D eigenvalue weighted by atomic mass is 16.6. The quantitative estimate of drug-likeness (QED) is 0.741. The van der Waals surface area contributed by atoms with E-state index in [4.69, 9.17) is 4.74 Å². The van der Waals surface area contributed by atoms with Crippen LogP contribution >= 0.6 is 0 Å². The van der Waals surface area contributed by atoms with Gasteiger partial charge in [-0.1, -0.05) is 30.3 Å². The van der Waals surface area contributed by atoms with Gasteiger partial charge in [0.15, 0.2) is 0 Å². The molecule has 0 saturated carbocycles. The number of aliphatic hydroxyl groups is 1. The number of hydrogen-bond donors (Lipinski definition) is 3. The third kappa shape index (κ3) is 7.76. The number of rotatable bonds is 6. The zero-order chi connectivity index (χ0) is 15.0. The average Bonchev–Trinajstić information content (AvgIpc) is 2.36. The van der Waals surface area contributed by atoms with Crippen LogP contribution in [0, 0.1) is 0 Å². The number of ether oxygens (including phenoxy) is 1. The zero-order valence-corrected chi connectivity index (χ0v) is 12.3. The van der Waals surface area contributed by atoms with Crippen LogP contribution < -0.4 is 10.6 Å². The number of amides is 1. The van der Waals surface area contributed by atoms with Gasteiger partial charge in [0.25, 0.3) is 0 Å². The van der Waals surface area contributed by atoms with Crippen molar-refractivity contribution < 1.29 is 14.6 Å². The maximum atomic E-state index is 11.4. The summed E-state index contributed by atoms with van der Waals surface area (Å²) >= 11 is 0. The summed E-state index contributed by atoms with van der Waals surface area (Å²) in [5.41, 5.74) is 0.625. The lowest BCUT2D eigenvalue weighted by molar-refractivity contribution is 0.0492. The van der Waals surface area contributed by atoms with E-state index in [0.717, 1.165) is 5.56 Å². The van der Waals surface area contributed by atoms with Gasteiger partial charge in [0, 0.05) is 19.6 Å². The van der Waals surface area contributed by atoms with E-state index >= 15 is 0 Å². The first-order valence-electron chi connectivity index (χ1n) is 6.76. The number of nitrogens with one attached hydrogen (secondary N) is 2. The smallest absolute Gasteiger partial charge is 0.407 e. The Morgan fingerprint density at radius 1 is 1.25 bits per heavy atom. The summed E-state index contributed by atoms with van der Waals surface area (Å²) in [4.78, 5) is 11.4. The van der Waals surface area contributed by atoms with Gasteiger partial charge in [-0.05, 0) is 26.3 Å². The van der Waals surface area contributed by atoms with Crippen LogP contribution in [0.2, 0.25) is 0 Å². The molecule has 0 aliphatic heterocycles. The monoisotopic (exact) mass is 280 g/mol. The second-order valence-corrected chi connectivity index (χ2v) is 5.65. The van der Waals surface area contributed by atoms with Crippen LogP contribution in [0.25, 0.3) is 0 Å². The Morgan fingerprint density at radius 2 is 1.90 bits per heavy atom. The molecule has 5 heteroatoms. The Labute approximate surface area is 120 Å². The van der Waals surface area contributed by atoms with Crippen molar-refractivity contribution in [2.45, 2.75) is 39.0 Å². The lowest BCUT2D eigenvalue weighted by Crippen LogP contribution is -2.40. The van der Waals surface area contributed by atoms with Gasteiger partial charge >= 0.3 is 6.09 Å². The molecule has 1 aromatic rings. The molecule has 112 valence electrons. The van der Waals surface area contributed by atoms with Gasteiger partial charge < -0.3 is 20.5 Å². The molecule has 1 rings (SSSR count). The molecule has 0 aromatic heterocycles. The maximum absolute atomic E-state index is 11.4.